The first kappa shape index (κ1) is 17.5. The highest BCUT2D eigenvalue weighted by atomic mass is 16.8. The summed E-state index contributed by atoms with van der Waals surface area (Å²) >= 11 is 0. The number of fused-ring (bicyclic) bond motifs is 2. The SMILES string of the molecule is CC1=C(c2ccccc2)N=C(N)N2OCCOC12Nc1ccc2oc(=O)[nH]c2c1. The number of anilines is 1. The summed E-state index contributed by atoms with van der Waals surface area (Å²) in [5, 5.41) is 4.82. The zero-order valence-corrected chi connectivity index (χ0v) is 15.6. The van der Waals surface area contributed by atoms with Gasteiger partial charge in [-0.05, 0) is 25.1 Å². The largest absolute Gasteiger partial charge is 0.417 e. The van der Waals surface area contributed by atoms with Gasteiger partial charge in [-0.1, -0.05) is 30.3 Å². The number of nitrogens with zero attached hydrogens (tertiary/aromatic N) is 2. The van der Waals surface area contributed by atoms with Crippen LogP contribution in [0.1, 0.15) is 12.5 Å². The van der Waals surface area contributed by atoms with Crippen molar-refractivity contribution in [2.75, 3.05) is 18.5 Å². The molecule has 0 saturated carbocycles. The second kappa shape index (κ2) is 6.50. The number of nitrogens with two attached hydrogens (primary N) is 1. The second-order valence-electron chi connectivity index (χ2n) is 6.78. The summed E-state index contributed by atoms with van der Waals surface area (Å²) < 4.78 is 11.3. The van der Waals surface area contributed by atoms with Crippen LogP contribution >= 0.6 is 0 Å². The highest BCUT2D eigenvalue weighted by molar-refractivity contribution is 5.90. The van der Waals surface area contributed by atoms with E-state index >= 15 is 0 Å². The summed E-state index contributed by atoms with van der Waals surface area (Å²) in [7, 11) is 0. The number of aromatic amines is 1. The van der Waals surface area contributed by atoms with Gasteiger partial charge in [-0.3, -0.25) is 9.82 Å². The lowest BCUT2D eigenvalue weighted by Gasteiger charge is -2.48. The zero-order valence-electron chi connectivity index (χ0n) is 15.6. The molecule has 0 bridgehead atoms. The Morgan fingerprint density at radius 2 is 2.03 bits per heavy atom. The molecule has 2 aliphatic heterocycles. The molecule has 148 valence electrons. The predicted molar refractivity (Wildman–Crippen MR) is 108 cm³/mol. The van der Waals surface area contributed by atoms with Crippen LogP contribution in [0.3, 0.4) is 0 Å². The van der Waals surface area contributed by atoms with Gasteiger partial charge in [-0.15, -0.1) is 0 Å². The Balaban J connectivity index is 1.64. The van der Waals surface area contributed by atoms with Gasteiger partial charge in [-0.2, -0.15) is 5.06 Å². The highest BCUT2D eigenvalue weighted by Gasteiger charge is 2.49. The Morgan fingerprint density at radius 1 is 1.21 bits per heavy atom. The van der Waals surface area contributed by atoms with E-state index in [0.717, 1.165) is 11.1 Å². The standard InChI is InChI=1S/C20H19N5O4/c1-12-17(13-5-3-2-4-6-13)23-18(21)25-20(12,27-9-10-28-25)24-14-7-8-16-15(11-14)22-19(26)29-16/h2-8,11,24H,9-10H2,1H3,(H2,21,23)(H,22,26). The van der Waals surface area contributed by atoms with E-state index in [1.807, 2.05) is 37.3 Å². The normalized spacial score (nSPS) is 21.8. The molecule has 1 fully saturated rings. The Hall–Kier alpha value is -3.56. The van der Waals surface area contributed by atoms with Crippen LogP contribution in [0.25, 0.3) is 16.8 Å². The van der Waals surface area contributed by atoms with Crippen molar-refractivity contribution in [3.63, 3.8) is 0 Å². The number of hydroxylamine groups is 2. The molecule has 1 unspecified atom stereocenters. The van der Waals surface area contributed by atoms with Crippen molar-refractivity contribution >= 4 is 28.4 Å². The molecule has 2 aromatic carbocycles. The third-order valence-electron chi connectivity index (χ3n) is 4.98. The number of guanidine groups is 1. The minimum absolute atomic E-state index is 0.180. The van der Waals surface area contributed by atoms with E-state index in [9.17, 15) is 4.79 Å². The van der Waals surface area contributed by atoms with Crippen LogP contribution in [0.5, 0.6) is 0 Å². The van der Waals surface area contributed by atoms with E-state index in [-0.39, 0.29) is 5.96 Å². The Kier molecular flexibility index (Phi) is 3.93. The van der Waals surface area contributed by atoms with E-state index in [1.165, 1.54) is 5.06 Å². The molecule has 3 aromatic rings. The van der Waals surface area contributed by atoms with Gasteiger partial charge in [0.25, 0.3) is 5.85 Å². The van der Waals surface area contributed by atoms with Crippen LogP contribution in [0.4, 0.5) is 5.69 Å². The van der Waals surface area contributed by atoms with Crippen molar-refractivity contribution < 1.29 is 14.0 Å². The summed E-state index contributed by atoms with van der Waals surface area (Å²) in [5.74, 6) is -1.52. The molecule has 0 radical (unpaired) electrons. The van der Waals surface area contributed by atoms with Crippen molar-refractivity contribution in [2.45, 2.75) is 12.8 Å². The Labute approximate surface area is 165 Å². The lowest BCUT2D eigenvalue weighted by atomic mass is 10.0. The maximum atomic E-state index is 11.5. The Bertz CT molecular complexity index is 1200. The van der Waals surface area contributed by atoms with E-state index in [1.54, 1.807) is 18.2 Å². The maximum Gasteiger partial charge on any atom is 0.417 e. The van der Waals surface area contributed by atoms with Crippen molar-refractivity contribution in [2.24, 2.45) is 10.7 Å². The molecule has 5 rings (SSSR count). The van der Waals surface area contributed by atoms with Gasteiger partial charge in [0, 0.05) is 16.8 Å². The molecule has 9 heteroatoms. The minimum Gasteiger partial charge on any atom is -0.408 e. The maximum absolute atomic E-state index is 11.5. The number of aromatic nitrogens is 1. The van der Waals surface area contributed by atoms with E-state index in [4.69, 9.17) is 19.7 Å². The van der Waals surface area contributed by atoms with E-state index in [0.29, 0.717) is 35.7 Å². The zero-order chi connectivity index (χ0) is 20.0. The number of nitrogens with one attached hydrogen (secondary N) is 2. The summed E-state index contributed by atoms with van der Waals surface area (Å²) in [4.78, 5) is 24.5. The number of benzene rings is 2. The van der Waals surface area contributed by atoms with Gasteiger partial charge in [0.2, 0.25) is 5.96 Å². The lowest BCUT2D eigenvalue weighted by molar-refractivity contribution is -0.290. The number of rotatable bonds is 3. The molecule has 0 aliphatic carbocycles. The molecule has 1 aromatic heterocycles. The average molecular weight is 393 g/mol. The van der Waals surface area contributed by atoms with Crippen LogP contribution in [0, 0.1) is 0 Å². The number of hydrogen-bond donors (Lipinski definition) is 3. The third-order valence-corrected chi connectivity index (χ3v) is 4.98. The highest BCUT2D eigenvalue weighted by Crippen LogP contribution is 2.39. The van der Waals surface area contributed by atoms with E-state index < -0.39 is 11.6 Å². The minimum atomic E-state index is -1.19. The van der Waals surface area contributed by atoms with Crippen molar-refractivity contribution in [1.82, 2.24) is 10.0 Å². The molecule has 4 N–H and O–H groups in total. The molecule has 3 heterocycles. The molecule has 1 saturated heterocycles. The van der Waals surface area contributed by atoms with Crippen molar-refractivity contribution in [1.29, 1.82) is 0 Å². The van der Waals surface area contributed by atoms with Crippen LogP contribution in [0.15, 0.2) is 68.3 Å². The third kappa shape index (κ3) is 2.79. The summed E-state index contributed by atoms with van der Waals surface area (Å²) in [6.45, 7) is 2.63. The van der Waals surface area contributed by atoms with Crippen LogP contribution in [-0.2, 0) is 9.57 Å². The van der Waals surface area contributed by atoms with E-state index in [2.05, 4.69) is 15.3 Å². The van der Waals surface area contributed by atoms with Crippen molar-refractivity contribution in [3.05, 3.63) is 70.2 Å². The summed E-state index contributed by atoms with van der Waals surface area (Å²) in [6.07, 6.45) is 0. The number of ether oxygens (including phenoxy) is 1. The van der Waals surface area contributed by atoms with Crippen LogP contribution in [0.2, 0.25) is 0 Å². The fourth-order valence-corrected chi connectivity index (χ4v) is 3.64. The van der Waals surface area contributed by atoms with Gasteiger partial charge in [0.05, 0.1) is 24.4 Å². The van der Waals surface area contributed by atoms with Gasteiger partial charge in [0.1, 0.15) is 0 Å². The topological polar surface area (TPSA) is 118 Å². The molecule has 1 atom stereocenters. The number of aliphatic imine (C=N–C) groups is 1. The first-order valence-corrected chi connectivity index (χ1v) is 9.16. The van der Waals surface area contributed by atoms with Gasteiger partial charge < -0.3 is 20.2 Å². The quantitative estimate of drug-likeness (QED) is 0.624. The van der Waals surface area contributed by atoms with Crippen LogP contribution < -0.4 is 16.8 Å². The fraction of sp³-hybridized carbons (Fsp3) is 0.200. The number of hydrogen-bond acceptors (Lipinski definition) is 8. The van der Waals surface area contributed by atoms with Gasteiger partial charge >= 0.3 is 5.76 Å². The van der Waals surface area contributed by atoms with Crippen molar-refractivity contribution in [3.8, 4) is 0 Å². The predicted octanol–water partition coefficient (Wildman–Crippen LogP) is 2.21. The monoisotopic (exact) mass is 393 g/mol. The fourth-order valence-electron chi connectivity index (χ4n) is 3.64. The summed E-state index contributed by atoms with van der Waals surface area (Å²) in [5.41, 5.74) is 10.4. The lowest BCUT2D eigenvalue weighted by Crippen LogP contribution is -2.65. The smallest absolute Gasteiger partial charge is 0.408 e. The van der Waals surface area contributed by atoms with Gasteiger partial charge in [0.15, 0.2) is 5.58 Å². The number of oxazole rings is 1. The molecule has 2 aliphatic rings. The molecule has 0 amide bonds. The average Bonchev–Trinajstić information content (AvgIpc) is 3.11. The first-order valence-electron chi connectivity index (χ1n) is 9.16. The molecular formula is C20H19N5O4. The van der Waals surface area contributed by atoms with Crippen LogP contribution in [-0.4, -0.2) is 35.1 Å². The molecule has 0 spiro atoms. The first-order chi connectivity index (χ1) is 14.1. The molecular weight excluding hydrogens is 374 g/mol. The second-order valence-corrected chi connectivity index (χ2v) is 6.78. The van der Waals surface area contributed by atoms with Gasteiger partial charge in [-0.25, -0.2) is 9.79 Å². The molecule has 29 heavy (non-hydrogen) atoms. The summed E-state index contributed by atoms with van der Waals surface area (Å²) in [6, 6.07) is 15.0. The molecule has 9 nitrogen and oxygen atoms in total. The Morgan fingerprint density at radius 3 is 2.86 bits per heavy atom. The number of H-pyrrole nitrogens is 1.